The van der Waals surface area contributed by atoms with E-state index in [0.717, 1.165) is 37.4 Å². The molecular weight excluding hydrogens is 214 g/mol. The highest BCUT2D eigenvalue weighted by atomic mass is 16.5. The molecule has 0 aliphatic carbocycles. The van der Waals surface area contributed by atoms with Crippen LogP contribution in [-0.4, -0.2) is 26.8 Å². The van der Waals surface area contributed by atoms with Gasteiger partial charge in [-0.2, -0.15) is 0 Å². The highest BCUT2D eigenvalue weighted by molar-refractivity contribution is 5.27. The highest BCUT2D eigenvalue weighted by Crippen LogP contribution is 2.13. The molecule has 3 nitrogen and oxygen atoms in total. The first-order valence-electron chi connectivity index (χ1n) is 6.28. The minimum absolute atomic E-state index is 0.658. The van der Waals surface area contributed by atoms with Crippen LogP contribution in [0.25, 0.3) is 0 Å². The molecule has 0 saturated carbocycles. The summed E-state index contributed by atoms with van der Waals surface area (Å²) in [4.78, 5) is 0. The summed E-state index contributed by atoms with van der Waals surface area (Å²) in [5.74, 6) is 0.885. The third kappa shape index (κ3) is 6.29. The van der Waals surface area contributed by atoms with E-state index >= 15 is 0 Å². The summed E-state index contributed by atoms with van der Waals surface area (Å²) >= 11 is 0. The lowest BCUT2D eigenvalue weighted by atomic mass is 10.2. The van der Waals surface area contributed by atoms with Gasteiger partial charge in [-0.1, -0.05) is 19.1 Å². The largest absolute Gasteiger partial charge is 0.497 e. The van der Waals surface area contributed by atoms with Crippen molar-refractivity contribution in [1.29, 1.82) is 0 Å². The Kier molecular flexibility index (Phi) is 7.43. The fourth-order valence-corrected chi connectivity index (χ4v) is 1.55. The van der Waals surface area contributed by atoms with E-state index in [9.17, 15) is 0 Å². The number of hydrogen-bond acceptors (Lipinski definition) is 3. The zero-order chi connectivity index (χ0) is 12.3. The molecule has 0 saturated heterocycles. The van der Waals surface area contributed by atoms with Crippen LogP contribution in [-0.2, 0) is 11.3 Å². The molecule has 1 N–H and O–H groups in total. The molecule has 0 fully saturated rings. The number of ether oxygens (including phenoxy) is 2. The summed E-state index contributed by atoms with van der Waals surface area (Å²) in [7, 11) is 1.68. The monoisotopic (exact) mass is 237 g/mol. The van der Waals surface area contributed by atoms with E-state index in [1.165, 1.54) is 6.42 Å². The molecule has 0 unspecified atom stereocenters. The summed E-state index contributed by atoms with van der Waals surface area (Å²) in [5, 5.41) is 3.35. The van der Waals surface area contributed by atoms with E-state index in [0.29, 0.717) is 6.61 Å². The normalized spacial score (nSPS) is 10.5. The van der Waals surface area contributed by atoms with E-state index in [1.807, 2.05) is 18.2 Å². The first-order valence-corrected chi connectivity index (χ1v) is 6.28. The molecule has 1 aromatic carbocycles. The van der Waals surface area contributed by atoms with Gasteiger partial charge in [-0.3, -0.25) is 0 Å². The van der Waals surface area contributed by atoms with Crippen molar-refractivity contribution in [2.45, 2.75) is 26.4 Å². The average molecular weight is 237 g/mol. The molecule has 3 heteroatoms. The summed E-state index contributed by atoms with van der Waals surface area (Å²) in [6.07, 6.45) is 2.24. The highest BCUT2D eigenvalue weighted by Gasteiger charge is 1.96. The Morgan fingerprint density at radius 1 is 1.24 bits per heavy atom. The Morgan fingerprint density at radius 3 is 2.88 bits per heavy atom. The van der Waals surface area contributed by atoms with Crippen molar-refractivity contribution in [1.82, 2.24) is 5.32 Å². The minimum atomic E-state index is 0.658. The second kappa shape index (κ2) is 9.02. The Morgan fingerprint density at radius 2 is 2.12 bits per heavy atom. The van der Waals surface area contributed by atoms with Gasteiger partial charge in [0.15, 0.2) is 0 Å². The van der Waals surface area contributed by atoms with Gasteiger partial charge in [-0.25, -0.2) is 0 Å². The first-order chi connectivity index (χ1) is 8.36. The standard InChI is InChI=1S/C14H23NO2/c1-3-8-15-9-5-10-17-12-13-6-4-7-14(11-13)16-2/h4,6-7,11,15H,3,5,8-10,12H2,1-2H3. The number of nitrogens with one attached hydrogen (secondary N) is 1. The van der Waals surface area contributed by atoms with Crippen LogP contribution in [0.1, 0.15) is 25.3 Å². The molecule has 17 heavy (non-hydrogen) atoms. The van der Waals surface area contributed by atoms with E-state index in [-0.39, 0.29) is 0 Å². The third-order valence-electron chi connectivity index (χ3n) is 2.47. The second-order valence-electron chi connectivity index (χ2n) is 4.01. The molecule has 0 amide bonds. The second-order valence-corrected chi connectivity index (χ2v) is 4.01. The molecule has 0 radical (unpaired) electrons. The van der Waals surface area contributed by atoms with E-state index < -0.39 is 0 Å². The van der Waals surface area contributed by atoms with Crippen molar-refractivity contribution < 1.29 is 9.47 Å². The minimum Gasteiger partial charge on any atom is -0.497 e. The van der Waals surface area contributed by atoms with Crippen LogP contribution < -0.4 is 10.1 Å². The molecule has 96 valence electrons. The van der Waals surface area contributed by atoms with Crippen molar-refractivity contribution in [3.8, 4) is 5.75 Å². The zero-order valence-corrected chi connectivity index (χ0v) is 10.9. The molecule has 1 rings (SSSR count). The molecule has 0 aromatic heterocycles. The van der Waals surface area contributed by atoms with Gasteiger partial charge in [0.1, 0.15) is 5.75 Å². The molecule has 0 heterocycles. The van der Waals surface area contributed by atoms with Crippen LogP contribution in [0.15, 0.2) is 24.3 Å². The Labute approximate surface area is 104 Å². The topological polar surface area (TPSA) is 30.5 Å². The predicted octanol–water partition coefficient (Wildman–Crippen LogP) is 2.60. The smallest absolute Gasteiger partial charge is 0.119 e. The molecule has 0 atom stereocenters. The fraction of sp³-hybridized carbons (Fsp3) is 0.571. The van der Waals surface area contributed by atoms with E-state index in [4.69, 9.17) is 9.47 Å². The summed E-state index contributed by atoms with van der Waals surface area (Å²) in [6, 6.07) is 7.99. The van der Waals surface area contributed by atoms with Gasteiger partial charge < -0.3 is 14.8 Å². The molecule has 0 spiro atoms. The average Bonchev–Trinajstić information content (AvgIpc) is 2.38. The van der Waals surface area contributed by atoms with Gasteiger partial charge in [0.25, 0.3) is 0 Å². The van der Waals surface area contributed by atoms with Gasteiger partial charge in [-0.05, 0) is 43.6 Å². The Bertz CT molecular complexity index is 302. The SMILES string of the molecule is CCCNCCCOCc1cccc(OC)c1. The van der Waals surface area contributed by atoms with Gasteiger partial charge in [0, 0.05) is 6.61 Å². The van der Waals surface area contributed by atoms with Crippen LogP contribution in [0, 0.1) is 0 Å². The molecule has 1 aromatic rings. The Balaban J connectivity index is 2.09. The fourth-order valence-electron chi connectivity index (χ4n) is 1.55. The summed E-state index contributed by atoms with van der Waals surface area (Å²) in [5.41, 5.74) is 1.16. The van der Waals surface area contributed by atoms with Crippen LogP contribution in [0.3, 0.4) is 0 Å². The maximum absolute atomic E-state index is 5.60. The molecule has 0 bridgehead atoms. The zero-order valence-electron chi connectivity index (χ0n) is 10.9. The van der Waals surface area contributed by atoms with Crippen molar-refractivity contribution in [2.24, 2.45) is 0 Å². The molecular formula is C14H23NO2. The van der Waals surface area contributed by atoms with Crippen LogP contribution in [0.2, 0.25) is 0 Å². The van der Waals surface area contributed by atoms with Crippen LogP contribution >= 0.6 is 0 Å². The van der Waals surface area contributed by atoms with Gasteiger partial charge in [-0.15, -0.1) is 0 Å². The third-order valence-corrected chi connectivity index (χ3v) is 2.47. The number of rotatable bonds is 9. The quantitative estimate of drug-likeness (QED) is 0.670. The lowest BCUT2D eigenvalue weighted by Crippen LogP contribution is -2.17. The molecule has 0 aliphatic heterocycles. The van der Waals surface area contributed by atoms with Gasteiger partial charge in [0.2, 0.25) is 0 Å². The van der Waals surface area contributed by atoms with E-state index in [2.05, 4.69) is 18.3 Å². The number of benzene rings is 1. The van der Waals surface area contributed by atoms with Crippen molar-refractivity contribution in [3.05, 3.63) is 29.8 Å². The van der Waals surface area contributed by atoms with Crippen LogP contribution in [0.4, 0.5) is 0 Å². The number of hydrogen-bond donors (Lipinski definition) is 1. The maximum atomic E-state index is 5.60. The maximum Gasteiger partial charge on any atom is 0.119 e. The lowest BCUT2D eigenvalue weighted by molar-refractivity contribution is 0.118. The van der Waals surface area contributed by atoms with Gasteiger partial charge >= 0.3 is 0 Å². The van der Waals surface area contributed by atoms with Crippen molar-refractivity contribution in [2.75, 3.05) is 26.8 Å². The summed E-state index contributed by atoms with van der Waals surface area (Å²) < 4.78 is 10.8. The molecule has 0 aliphatic rings. The lowest BCUT2D eigenvalue weighted by Gasteiger charge is -2.06. The number of methoxy groups -OCH3 is 1. The Hall–Kier alpha value is -1.06. The van der Waals surface area contributed by atoms with E-state index in [1.54, 1.807) is 7.11 Å². The predicted molar refractivity (Wildman–Crippen MR) is 70.4 cm³/mol. The van der Waals surface area contributed by atoms with Crippen molar-refractivity contribution >= 4 is 0 Å². The van der Waals surface area contributed by atoms with Gasteiger partial charge in [0.05, 0.1) is 13.7 Å². The van der Waals surface area contributed by atoms with Crippen molar-refractivity contribution in [3.63, 3.8) is 0 Å². The van der Waals surface area contributed by atoms with Crippen LogP contribution in [0.5, 0.6) is 5.75 Å². The summed E-state index contributed by atoms with van der Waals surface area (Å²) in [6.45, 7) is 5.76. The first kappa shape index (κ1) is 14.0.